The van der Waals surface area contributed by atoms with Gasteiger partial charge in [-0.25, -0.2) is 0 Å². The lowest BCUT2D eigenvalue weighted by atomic mass is 10.0. The van der Waals surface area contributed by atoms with E-state index in [9.17, 15) is 5.11 Å². The van der Waals surface area contributed by atoms with Crippen molar-refractivity contribution in [2.24, 2.45) is 0 Å². The lowest BCUT2D eigenvalue weighted by Gasteiger charge is -2.14. The zero-order valence-electron chi connectivity index (χ0n) is 9.07. The fraction of sp³-hybridized carbons (Fsp3) is 0.500. The number of halogens is 1. The van der Waals surface area contributed by atoms with Crippen LogP contribution in [0.25, 0.3) is 0 Å². The van der Waals surface area contributed by atoms with Crippen LogP contribution in [-0.4, -0.2) is 22.4 Å². The molecule has 3 heteroatoms. The van der Waals surface area contributed by atoms with Crippen LogP contribution in [0.4, 0.5) is 0 Å². The summed E-state index contributed by atoms with van der Waals surface area (Å²) in [6.07, 6.45) is 0.0904. The van der Waals surface area contributed by atoms with Crippen molar-refractivity contribution in [3.63, 3.8) is 0 Å². The van der Waals surface area contributed by atoms with E-state index in [2.05, 4.69) is 22.0 Å². The third-order valence-corrected chi connectivity index (χ3v) is 3.51. The molecule has 1 rings (SSSR count). The first kappa shape index (κ1) is 12.7. The molecule has 0 aliphatic rings. The lowest BCUT2D eigenvalue weighted by molar-refractivity contribution is 0.0265. The molecule has 0 aromatic heterocycles. The fourth-order valence-electron chi connectivity index (χ4n) is 1.47. The highest BCUT2D eigenvalue weighted by Gasteiger charge is 2.11. The standard InChI is InChI=1S/C12H17BrO2/c1-8-10(4-3-5-11(8)13)6-7-12(15)9(2)14/h3-5,9,12,14-15H,6-7H2,1-2H3. The Morgan fingerprint density at radius 1 is 1.33 bits per heavy atom. The van der Waals surface area contributed by atoms with Crippen molar-refractivity contribution in [2.75, 3.05) is 0 Å². The largest absolute Gasteiger partial charge is 0.391 e. The lowest BCUT2D eigenvalue weighted by Crippen LogP contribution is -2.22. The number of aliphatic hydroxyl groups is 2. The summed E-state index contributed by atoms with van der Waals surface area (Å²) in [6.45, 7) is 3.66. The van der Waals surface area contributed by atoms with Crippen LogP contribution in [0.5, 0.6) is 0 Å². The van der Waals surface area contributed by atoms with Gasteiger partial charge in [-0.15, -0.1) is 0 Å². The summed E-state index contributed by atoms with van der Waals surface area (Å²) < 4.78 is 1.09. The van der Waals surface area contributed by atoms with Gasteiger partial charge in [-0.05, 0) is 43.9 Å². The maximum Gasteiger partial charge on any atom is 0.0799 e. The zero-order valence-corrected chi connectivity index (χ0v) is 10.7. The maximum atomic E-state index is 9.49. The van der Waals surface area contributed by atoms with Gasteiger partial charge < -0.3 is 10.2 Å². The van der Waals surface area contributed by atoms with Crippen LogP contribution in [0.3, 0.4) is 0 Å². The molecule has 0 bridgehead atoms. The summed E-state index contributed by atoms with van der Waals surface area (Å²) in [6, 6.07) is 6.04. The zero-order chi connectivity index (χ0) is 11.4. The number of aliphatic hydroxyl groups excluding tert-OH is 2. The van der Waals surface area contributed by atoms with Crippen LogP contribution in [0.15, 0.2) is 22.7 Å². The molecule has 0 radical (unpaired) electrons. The molecule has 0 amide bonds. The predicted molar refractivity (Wildman–Crippen MR) is 64.9 cm³/mol. The van der Waals surface area contributed by atoms with Gasteiger partial charge in [0.2, 0.25) is 0 Å². The van der Waals surface area contributed by atoms with Crippen LogP contribution in [0, 0.1) is 6.92 Å². The molecule has 1 aromatic rings. The molecule has 0 saturated heterocycles. The average Bonchev–Trinajstić information content (AvgIpc) is 2.19. The first-order valence-corrected chi connectivity index (χ1v) is 5.91. The summed E-state index contributed by atoms with van der Waals surface area (Å²) in [5.74, 6) is 0. The molecule has 2 unspecified atom stereocenters. The number of hydrogen-bond donors (Lipinski definition) is 2. The molecular formula is C12H17BrO2. The normalized spacial score (nSPS) is 15.0. The monoisotopic (exact) mass is 272 g/mol. The Labute approximate surface area is 99.1 Å². The van der Waals surface area contributed by atoms with E-state index < -0.39 is 12.2 Å². The van der Waals surface area contributed by atoms with E-state index in [0.29, 0.717) is 6.42 Å². The molecule has 0 aliphatic heterocycles. The highest BCUT2D eigenvalue weighted by atomic mass is 79.9. The summed E-state index contributed by atoms with van der Waals surface area (Å²) in [7, 11) is 0. The Balaban J connectivity index is 2.62. The van der Waals surface area contributed by atoms with Gasteiger partial charge in [-0.3, -0.25) is 0 Å². The Bertz CT molecular complexity index is 323. The number of hydrogen-bond acceptors (Lipinski definition) is 2. The minimum absolute atomic E-state index is 0.592. The van der Waals surface area contributed by atoms with Crippen molar-refractivity contribution in [2.45, 2.75) is 38.9 Å². The van der Waals surface area contributed by atoms with Crippen LogP contribution in [-0.2, 0) is 6.42 Å². The van der Waals surface area contributed by atoms with Gasteiger partial charge in [0.25, 0.3) is 0 Å². The molecule has 15 heavy (non-hydrogen) atoms. The van der Waals surface area contributed by atoms with Crippen LogP contribution in [0.2, 0.25) is 0 Å². The summed E-state index contributed by atoms with van der Waals surface area (Å²) in [4.78, 5) is 0. The van der Waals surface area contributed by atoms with Crippen molar-refractivity contribution in [1.29, 1.82) is 0 Å². The second-order valence-electron chi connectivity index (χ2n) is 3.87. The summed E-state index contributed by atoms with van der Waals surface area (Å²) in [5, 5.41) is 18.6. The average molecular weight is 273 g/mol. The highest BCUT2D eigenvalue weighted by molar-refractivity contribution is 9.10. The Hall–Kier alpha value is -0.380. The summed E-state index contributed by atoms with van der Waals surface area (Å²) >= 11 is 3.47. The Morgan fingerprint density at radius 2 is 2.00 bits per heavy atom. The summed E-state index contributed by atoms with van der Waals surface area (Å²) in [5.41, 5.74) is 2.42. The molecule has 2 N–H and O–H groups in total. The van der Waals surface area contributed by atoms with Crippen molar-refractivity contribution in [3.8, 4) is 0 Å². The maximum absolute atomic E-state index is 9.49. The molecule has 0 heterocycles. The van der Waals surface area contributed by atoms with Crippen molar-refractivity contribution in [1.82, 2.24) is 0 Å². The molecule has 0 fully saturated rings. The second kappa shape index (κ2) is 5.64. The molecule has 0 saturated carbocycles. The van der Waals surface area contributed by atoms with Gasteiger partial charge in [0.05, 0.1) is 12.2 Å². The van der Waals surface area contributed by atoms with E-state index in [-0.39, 0.29) is 0 Å². The van der Waals surface area contributed by atoms with Crippen LogP contribution in [0.1, 0.15) is 24.5 Å². The molecule has 0 aliphatic carbocycles. The van der Waals surface area contributed by atoms with Gasteiger partial charge >= 0.3 is 0 Å². The van der Waals surface area contributed by atoms with Gasteiger partial charge in [0.1, 0.15) is 0 Å². The van der Waals surface area contributed by atoms with Crippen molar-refractivity contribution in [3.05, 3.63) is 33.8 Å². The SMILES string of the molecule is Cc1c(Br)cccc1CCC(O)C(C)O. The quantitative estimate of drug-likeness (QED) is 0.884. The van der Waals surface area contributed by atoms with E-state index in [1.54, 1.807) is 6.92 Å². The van der Waals surface area contributed by atoms with E-state index >= 15 is 0 Å². The Morgan fingerprint density at radius 3 is 2.60 bits per heavy atom. The molecule has 84 valence electrons. The molecule has 0 spiro atoms. The fourth-order valence-corrected chi connectivity index (χ4v) is 1.87. The van der Waals surface area contributed by atoms with E-state index in [4.69, 9.17) is 5.11 Å². The van der Waals surface area contributed by atoms with E-state index in [1.807, 2.05) is 19.1 Å². The van der Waals surface area contributed by atoms with Gasteiger partial charge in [-0.2, -0.15) is 0 Å². The first-order chi connectivity index (χ1) is 7.02. The van der Waals surface area contributed by atoms with Gasteiger partial charge in [0, 0.05) is 4.47 Å². The third kappa shape index (κ3) is 3.59. The molecule has 2 atom stereocenters. The molecule has 2 nitrogen and oxygen atoms in total. The minimum Gasteiger partial charge on any atom is -0.391 e. The van der Waals surface area contributed by atoms with Crippen molar-refractivity contribution >= 4 is 15.9 Å². The molecule has 1 aromatic carbocycles. The van der Waals surface area contributed by atoms with E-state index in [1.165, 1.54) is 11.1 Å². The number of benzene rings is 1. The van der Waals surface area contributed by atoms with Crippen LogP contribution >= 0.6 is 15.9 Å². The number of rotatable bonds is 4. The molecular weight excluding hydrogens is 256 g/mol. The Kier molecular flexibility index (Phi) is 4.77. The van der Waals surface area contributed by atoms with Crippen molar-refractivity contribution < 1.29 is 10.2 Å². The first-order valence-electron chi connectivity index (χ1n) is 5.12. The minimum atomic E-state index is -0.655. The van der Waals surface area contributed by atoms with Gasteiger partial charge in [0.15, 0.2) is 0 Å². The number of aryl methyl sites for hydroxylation is 1. The predicted octanol–water partition coefficient (Wildman–Crippen LogP) is 2.43. The topological polar surface area (TPSA) is 40.5 Å². The van der Waals surface area contributed by atoms with Crippen LogP contribution < -0.4 is 0 Å². The highest BCUT2D eigenvalue weighted by Crippen LogP contribution is 2.21. The van der Waals surface area contributed by atoms with Gasteiger partial charge in [-0.1, -0.05) is 28.1 Å². The van der Waals surface area contributed by atoms with E-state index in [0.717, 1.165) is 10.9 Å². The second-order valence-corrected chi connectivity index (χ2v) is 4.72. The smallest absolute Gasteiger partial charge is 0.0799 e. The third-order valence-electron chi connectivity index (χ3n) is 2.65.